The van der Waals surface area contributed by atoms with E-state index in [-0.39, 0.29) is 5.91 Å². The van der Waals surface area contributed by atoms with Gasteiger partial charge in [0, 0.05) is 38.0 Å². The Hall–Kier alpha value is -1.73. The Kier molecular flexibility index (Phi) is 4.26. The summed E-state index contributed by atoms with van der Waals surface area (Å²) in [4.78, 5) is 22.0. The average molecular weight is 319 g/mol. The third kappa shape index (κ3) is 3.05. The average Bonchev–Trinajstić information content (AvgIpc) is 3.09. The van der Waals surface area contributed by atoms with E-state index in [2.05, 4.69) is 22.0 Å². The molecular weight excluding hydrogens is 298 g/mol. The van der Waals surface area contributed by atoms with Crippen molar-refractivity contribution in [2.75, 3.05) is 27.2 Å². The fourth-order valence-electron chi connectivity index (χ4n) is 2.63. The van der Waals surface area contributed by atoms with Crippen LogP contribution in [0.5, 0.6) is 0 Å². The van der Waals surface area contributed by atoms with Crippen molar-refractivity contribution in [3.8, 4) is 0 Å². The van der Waals surface area contributed by atoms with Gasteiger partial charge in [0.15, 0.2) is 5.69 Å². The van der Waals surface area contributed by atoms with E-state index in [1.54, 1.807) is 16.2 Å². The van der Waals surface area contributed by atoms with Crippen molar-refractivity contribution in [2.45, 2.75) is 26.4 Å². The van der Waals surface area contributed by atoms with Gasteiger partial charge in [-0.25, -0.2) is 4.98 Å². The zero-order chi connectivity index (χ0) is 15.7. The number of carbonyl (C=O) groups is 1. The molecule has 6 nitrogen and oxygen atoms in total. The van der Waals surface area contributed by atoms with Gasteiger partial charge in [-0.3, -0.25) is 14.4 Å². The first-order valence-electron chi connectivity index (χ1n) is 7.44. The molecule has 0 atom stereocenters. The normalized spacial score (nSPS) is 14.9. The van der Waals surface area contributed by atoms with Crippen molar-refractivity contribution in [3.05, 3.63) is 33.5 Å². The lowest BCUT2D eigenvalue weighted by atomic mass is 10.2. The molecule has 0 aliphatic carbocycles. The monoisotopic (exact) mass is 319 g/mol. The van der Waals surface area contributed by atoms with Crippen LogP contribution >= 0.6 is 11.3 Å². The maximum absolute atomic E-state index is 12.5. The molecule has 2 aromatic rings. The summed E-state index contributed by atoms with van der Waals surface area (Å²) in [6, 6.07) is 1.92. The number of fused-ring (bicyclic) bond motifs is 1. The molecule has 1 aliphatic heterocycles. The van der Waals surface area contributed by atoms with Gasteiger partial charge in [-0.2, -0.15) is 5.10 Å². The Labute approximate surface area is 134 Å². The fourth-order valence-corrected chi connectivity index (χ4v) is 3.40. The second-order valence-electron chi connectivity index (χ2n) is 5.82. The number of likely N-dealkylation sites (N-methyl/N-ethyl adjacent to an activating group) is 2. The molecule has 0 N–H and O–H groups in total. The van der Waals surface area contributed by atoms with E-state index in [1.165, 1.54) is 4.88 Å². The molecule has 2 aromatic heterocycles. The summed E-state index contributed by atoms with van der Waals surface area (Å²) in [5.74, 6) is -0.00767. The van der Waals surface area contributed by atoms with E-state index in [1.807, 2.05) is 30.2 Å². The lowest BCUT2D eigenvalue weighted by molar-refractivity contribution is 0.0790. The Morgan fingerprint density at radius 2 is 2.27 bits per heavy atom. The van der Waals surface area contributed by atoms with Gasteiger partial charge in [0.1, 0.15) is 0 Å². The first kappa shape index (κ1) is 15.2. The standard InChI is InChI=1S/C15H21N5OS/c1-11-14(22-10-16-11)4-5-19(3)15(21)13-8-12-9-18(2)6-7-20(12)17-13/h8,10H,4-7,9H2,1-3H3. The van der Waals surface area contributed by atoms with Crippen LogP contribution in [0, 0.1) is 6.92 Å². The minimum atomic E-state index is -0.00767. The molecule has 118 valence electrons. The van der Waals surface area contributed by atoms with Crippen molar-refractivity contribution in [1.82, 2.24) is 24.6 Å². The highest BCUT2D eigenvalue weighted by Gasteiger charge is 2.21. The third-order valence-electron chi connectivity index (χ3n) is 4.07. The van der Waals surface area contributed by atoms with Crippen LogP contribution in [0.25, 0.3) is 0 Å². The predicted octanol–water partition coefficient (Wildman–Crippen LogP) is 1.41. The van der Waals surface area contributed by atoms with Gasteiger partial charge in [0.2, 0.25) is 0 Å². The van der Waals surface area contributed by atoms with Crippen molar-refractivity contribution in [1.29, 1.82) is 0 Å². The molecule has 7 heteroatoms. The maximum atomic E-state index is 12.5. The van der Waals surface area contributed by atoms with Gasteiger partial charge in [0.25, 0.3) is 5.91 Å². The summed E-state index contributed by atoms with van der Waals surface area (Å²) in [7, 11) is 3.92. The minimum absolute atomic E-state index is 0.00767. The van der Waals surface area contributed by atoms with Crippen molar-refractivity contribution < 1.29 is 4.79 Å². The zero-order valence-corrected chi connectivity index (χ0v) is 14.1. The molecular formula is C15H21N5OS. The Morgan fingerprint density at radius 1 is 1.45 bits per heavy atom. The van der Waals surface area contributed by atoms with Crippen molar-refractivity contribution >= 4 is 17.2 Å². The molecule has 0 radical (unpaired) electrons. The molecule has 0 saturated carbocycles. The van der Waals surface area contributed by atoms with Crippen LogP contribution in [0.2, 0.25) is 0 Å². The molecule has 1 amide bonds. The van der Waals surface area contributed by atoms with Crippen LogP contribution in [0.3, 0.4) is 0 Å². The summed E-state index contributed by atoms with van der Waals surface area (Å²) in [5, 5.41) is 4.46. The molecule has 1 aliphatic rings. The van der Waals surface area contributed by atoms with Gasteiger partial charge >= 0.3 is 0 Å². The van der Waals surface area contributed by atoms with E-state index in [0.717, 1.165) is 37.4 Å². The predicted molar refractivity (Wildman–Crippen MR) is 86.1 cm³/mol. The van der Waals surface area contributed by atoms with Crippen LogP contribution in [0.4, 0.5) is 0 Å². The molecule has 0 aromatic carbocycles. The van der Waals surface area contributed by atoms with E-state index >= 15 is 0 Å². The maximum Gasteiger partial charge on any atom is 0.274 e. The van der Waals surface area contributed by atoms with Gasteiger partial charge in [-0.1, -0.05) is 0 Å². The molecule has 0 bridgehead atoms. The van der Waals surface area contributed by atoms with E-state index < -0.39 is 0 Å². The summed E-state index contributed by atoms with van der Waals surface area (Å²) in [6.45, 7) is 5.37. The first-order chi connectivity index (χ1) is 10.5. The quantitative estimate of drug-likeness (QED) is 0.855. The summed E-state index contributed by atoms with van der Waals surface area (Å²) >= 11 is 1.65. The Bertz CT molecular complexity index is 677. The number of aryl methyl sites for hydroxylation is 1. The number of hydrogen-bond donors (Lipinski definition) is 0. The van der Waals surface area contributed by atoms with Crippen LogP contribution in [0.1, 0.15) is 26.8 Å². The zero-order valence-electron chi connectivity index (χ0n) is 13.2. The largest absolute Gasteiger partial charge is 0.340 e. The van der Waals surface area contributed by atoms with Gasteiger partial charge in [0.05, 0.1) is 23.4 Å². The van der Waals surface area contributed by atoms with E-state index in [4.69, 9.17) is 0 Å². The van der Waals surface area contributed by atoms with Gasteiger partial charge < -0.3 is 4.90 Å². The van der Waals surface area contributed by atoms with E-state index in [0.29, 0.717) is 12.2 Å². The number of thiazole rings is 1. The minimum Gasteiger partial charge on any atom is -0.340 e. The van der Waals surface area contributed by atoms with Crippen LogP contribution < -0.4 is 0 Å². The first-order valence-corrected chi connectivity index (χ1v) is 8.32. The number of aromatic nitrogens is 3. The summed E-state index contributed by atoms with van der Waals surface area (Å²) in [5.41, 5.74) is 4.58. The smallest absolute Gasteiger partial charge is 0.274 e. The Morgan fingerprint density at radius 3 is 3.00 bits per heavy atom. The topological polar surface area (TPSA) is 54.3 Å². The number of nitrogens with zero attached hydrogens (tertiary/aromatic N) is 5. The molecule has 22 heavy (non-hydrogen) atoms. The highest BCUT2D eigenvalue weighted by molar-refractivity contribution is 7.09. The number of carbonyl (C=O) groups excluding carboxylic acids is 1. The van der Waals surface area contributed by atoms with Crippen LogP contribution in [0.15, 0.2) is 11.6 Å². The molecule has 0 saturated heterocycles. The summed E-state index contributed by atoms with van der Waals surface area (Å²) in [6.07, 6.45) is 0.842. The van der Waals surface area contributed by atoms with Gasteiger partial charge in [-0.05, 0) is 20.0 Å². The number of rotatable bonds is 4. The molecule has 0 spiro atoms. The number of hydrogen-bond acceptors (Lipinski definition) is 5. The molecule has 0 fully saturated rings. The number of amides is 1. The molecule has 3 rings (SSSR count). The second-order valence-corrected chi connectivity index (χ2v) is 6.76. The Balaban J connectivity index is 1.64. The van der Waals surface area contributed by atoms with Crippen LogP contribution in [-0.2, 0) is 19.5 Å². The fraction of sp³-hybridized carbons (Fsp3) is 0.533. The van der Waals surface area contributed by atoms with Crippen molar-refractivity contribution in [2.24, 2.45) is 0 Å². The highest BCUT2D eigenvalue weighted by Crippen LogP contribution is 2.15. The van der Waals surface area contributed by atoms with E-state index in [9.17, 15) is 4.79 Å². The molecule has 3 heterocycles. The van der Waals surface area contributed by atoms with Crippen molar-refractivity contribution in [3.63, 3.8) is 0 Å². The lowest BCUT2D eigenvalue weighted by Crippen LogP contribution is -2.31. The molecule has 0 unspecified atom stereocenters. The van der Waals surface area contributed by atoms with Crippen LogP contribution in [-0.4, -0.2) is 57.7 Å². The summed E-state index contributed by atoms with van der Waals surface area (Å²) < 4.78 is 1.95. The SMILES string of the molecule is Cc1ncsc1CCN(C)C(=O)c1cc2n(n1)CCN(C)C2. The lowest BCUT2D eigenvalue weighted by Gasteiger charge is -2.22. The third-order valence-corrected chi connectivity index (χ3v) is 5.07. The van der Waals surface area contributed by atoms with Gasteiger partial charge in [-0.15, -0.1) is 11.3 Å². The highest BCUT2D eigenvalue weighted by atomic mass is 32.1. The second kappa shape index (κ2) is 6.18.